The minimum atomic E-state index is -3.83. The summed E-state index contributed by atoms with van der Waals surface area (Å²) in [6, 6.07) is 0. The molecule has 1 heterocycles. The van der Waals surface area contributed by atoms with Crippen LogP contribution in [0.2, 0.25) is 0 Å². The Bertz CT molecular complexity index is 213. The monoisotopic (exact) mass is 182 g/mol. The third-order valence-electron chi connectivity index (χ3n) is 1.20. The van der Waals surface area contributed by atoms with Crippen molar-refractivity contribution in [1.82, 2.24) is 0 Å². The maximum atomic E-state index is 10.9. The van der Waals surface area contributed by atoms with Crippen LogP contribution in [0.5, 0.6) is 0 Å². The van der Waals surface area contributed by atoms with Crippen LogP contribution >= 0.6 is 7.60 Å². The van der Waals surface area contributed by atoms with Crippen LogP contribution in [0, 0.1) is 0 Å². The number of rotatable bonds is 2. The molecule has 1 N–H and O–H groups in total. The fourth-order valence-electron chi connectivity index (χ4n) is 0.597. The predicted octanol–water partition coefficient (Wildman–Crippen LogP) is 0.311. The Morgan fingerprint density at radius 3 is 2.82 bits per heavy atom. The van der Waals surface area contributed by atoms with E-state index in [4.69, 9.17) is 4.89 Å². The van der Waals surface area contributed by atoms with E-state index in [9.17, 15) is 9.36 Å². The Morgan fingerprint density at radius 1 is 1.82 bits per heavy atom. The van der Waals surface area contributed by atoms with Gasteiger partial charge in [0.25, 0.3) is 0 Å². The Morgan fingerprint density at radius 2 is 2.45 bits per heavy atom. The number of hydrogen-bond acceptors (Lipinski definition) is 5. The van der Waals surface area contributed by atoms with Crippen LogP contribution in [-0.2, 0) is 18.6 Å². The molecule has 0 amide bonds. The SMILES string of the molecule is COP(=O)(O)C1COC(=O)O1. The maximum absolute atomic E-state index is 10.9. The third-order valence-corrected chi connectivity index (χ3v) is 2.71. The number of carbonyl (C=O) groups is 1. The highest BCUT2D eigenvalue weighted by Crippen LogP contribution is 2.48. The quantitative estimate of drug-likeness (QED) is 0.488. The first-order chi connectivity index (χ1) is 5.06. The molecule has 0 aromatic heterocycles. The second-order valence-corrected chi connectivity index (χ2v) is 3.95. The lowest BCUT2D eigenvalue weighted by Crippen LogP contribution is -2.11. The normalized spacial score (nSPS) is 28.9. The van der Waals surface area contributed by atoms with Crippen molar-refractivity contribution in [2.45, 2.75) is 5.85 Å². The van der Waals surface area contributed by atoms with E-state index in [2.05, 4.69) is 14.0 Å². The summed E-state index contributed by atoms with van der Waals surface area (Å²) in [5.41, 5.74) is 0. The average molecular weight is 182 g/mol. The zero-order valence-corrected chi connectivity index (χ0v) is 6.61. The van der Waals surface area contributed by atoms with Gasteiger partial charge in [0, 0.05) is 7.11 Å². The van der Waals surface area contributed by atoms with E-state index in [1.165, 1.54) is 0 Å². The van der Waals surface area contributed by atoms with Crippen molar-refractivity contribution in [3.63, 3.8) is 0 Å². The fraction of sp³-hybridized carbons (Fsp3) is 0.750. The molecule has 2 atom stereocenters. The summed E-state index contributed by atoms with van der Waals surface area (Å²) < 4.78 is 23.7. The Hall–Kier alpha value is -0.580. The zero-order chi connectivity index (χ0) is 8.48. The van der Waals surface area contributed by atoms with Gasteiger partial charge in [-0.1, -0.05) is 0 Å². The van der Waals surface area contributed by atoms with Crippen molar-refractivity contribution in [2.75, 3.05) is 13.7 Å². The summed E-state index contributed by atoms with van der Waals surface area (Å²) in [5.74, 6) is -1.18. The topological polar surface area (TPSA) is 82.1 Å². The van der Waals surface area contributed by atoms with Gasteiger partial charge in [-0.2, -0.15) is 0 Å². The summed E-state index contributed by atoms with van der Waals surface area (Å²) in [6.07, 6.45) is -0.943. The van der Waals surface area contributed by atoms with Crippen molar-refractivity contribution in [1.29, 1.82) is 0 Å². The molecule has 0 saturated carbocycles. The molecule has 1 aliphatic heterocycles. The van der Waals surface area contributed by atoms with Crippen LogP contribution in [0.4, 0.5) is 4.79 Å². The van der Waals surface area contributed by atoms with Crippen molar-refractivity contribution < 1.29 is 28.3 Å². The van der Waals surface area contributed by atoms with Gasteiger partial charge >= 0.3 is 13.8 Å². The molecule has 0 aliphatic carbocycles. The summed E-state index contributed by atoms with van der Waals surface area (Å²) in [4.78, 5) is 19.2. The molecular weight excluding hydrogens is 175 g/mol. The summed E-state index contributed by atoms with van der Waals surface area (Å²) in [6.45, 7) is -0.236. The molecule has 0 bridgehead atoms. The van der Waals surface area contributed by atoms with E-state index >= 15 is 0 Å². The molecule has 6 nitrogen and oxygen atoms in total. The Balaban J connectivity index is 2.63. The van der Waals surface area contributed by atoms with Crippen LogP contribution in [0.25, 0.3) is 0 Å². The molecule has 0 spiro atoms. The molecule has 1 fully saturated rings. The van der Waals surface area contributed by atoms with E-state index in [0.717, 1.165) is 7.11 Å². The maximum Gasteiger partial charge on any atom is 0.509 e. The Labute approximate surface area is 62.6 Å². The smallest absolute Gasteiger partial charge is 0.430 e. The second-order valence-electron chi connectivity index (χ2n) is 1.88. The number of carbonyl (C=O) groups excluding carboxylic acids is 1. The van der Waals surface area contributed by atoms with Crippen molar-refractivity contribution in [2.24, 2.45) is 0 Å². The van der Waals surface area contributed by atoms with Gasteiger partial charge in [0.05, 0.1) is 0 Å². The predicted molar refractivity (Wildman–Crippen MR) is 33.1 cm³/mol. The van der Waals surface area contributed by atoms with Crippen molar-refractivity contribution >= 4 is 13.8 Å². The van der Waals surface area contributed by atoms with Crippen molar-refractivity contribution in [3.8, 4) is 0 Å². The highest BCUT2D eigenvalue weighted by Gasteiger charge is 2.41. The van der Waals surface area contributed by atoms with Gasteiger partial charge in [-0.25, -0.2) is 4.79 Å². The van der Waals surface area contributed by atoms with Gasteiger partial charge in [0.15, 0.2) is 0 Å². The molecule has 2 unspecified atom stereocenters. The molecule has 0 aromatic carbocycles. The van der Waals surface area contributed by atoms with E-state index in [0.29, 0.717) is 0 Å². The summed E-state index contributed by atoms with van der Waals surface area (Å²) in [7, 11) is -2.76. The van der Waals surface area contributed by atoms with Gasteiger partial charge in [0.1, 0.15) is 6.61 Å². The van der Waals surface area contributed by atoms with Crippen molar-refractivity contribution in [3.05, 3.63) is 0 Å². The molecule has 11 heavy (non-hydrogen) atoms. The van der Waals surface area contributed by atoms with E-state index < -0.39 is 19.6 Å². The first-order valence-electron chi connectivity index (χ1n) is 2.78. The van der Waals surface area contributed by atoms with E-state index in [1.54, 1.807) is 0 Å². The zero-order valence-electron chi connectivity index (χ0n) is 5.72. The first kappa shape index (κ1) is 8.52. The lowest BCUT2D eigenvalue weighted by Gasteiger charge is -2.11. The van der Waals surface area contributed by atoms with Crippen LogP contribution in [-0.4, -0.2) is 30.6 Å². The van der Waals surface area contributed by atoms with Gasteiger partial charge in [-0.15, -0.1) is 0 Å². The average Bonchev–Trinajstić information content (AvgIpc) is 2.36. The number of ether oxygens (including phenoxy) is 2. The molecule has 1 rings (SSSR count). The van der Waals surface area contributed by atoms with Crippen LogP contribution in [0.15, 0.2) is 0 Å². The highest BCUT2D eigenvalue weighted by atomic mass is 31.2. The fourth-order valence-corrected chi connectivity index (χ4v) is 1.31. The number of hydrogen-bond donors (Lipinski definition) is 1. The first-order valence-corrected chi connectivity index (χ1v) is 4.42. The van der Waals surface area contributed by atoms with Crippen LogP contribution in [0.1, 0.15) is 0 Å². The number of cyclic esters (lactones) is 2. The van der Waals surface area contributed by atoms with Gasteiger partial charge in [-0.05, 0) is 0 Å². The minimum Gasteiger partial charge on any atom is -0.430 e. The third kappa shape index (κ3) is 1.71. The lowest BCUT2D eigenvalue weighted by atomic mass is 10.8. The van der Waals surface area contributed by atoms with Gasteiger partial charge < -0.3 is 18.9 Å². The van der Waals surface area contributed by atoms with Gasteiger partial charge in [0.2, 0.25) is 5.85 Å². The Kier molecular flexibility index (Phi) is 2.17. The molecular formula is C4H7O6P. The largest absolute Gasteiger partial charge is 0.509 e. The highest BCUT2D eigenvalue weighted by molar-refractivity contribution is 7.53. The lowest BCUT2D eigenvalue weighted by molar-refractivity contribution is 0.123. The molecule has 64 valence electrons. The van der Waals surface area contributed by atoms with Crippen LogP contribution < -0.4 is 0 Å². The van der Waals surface area contributed by atoms with E-state index in [-0.39, 0.29) is 6.61 Å². The summed E-state index contributed by atoms with van der Waals surface area (Å²) in [5, 5.41) is 0. The van der Waals surface area contributed by atoms with Crippen LogP contribution in [0.3, 0.4) is 0 Å². The second kappa shape index (κ2) is 2.81. The molecule has 0 aromatic rings. The molecule has 1 aliphatic rings. The summed E-state index contributed by atoms with van der Waals surface area (Å²) >= 11 is 0. The van der Waals surface area contributed by atoms with Gasteiger partial charge in [-0.3, -0.25) is 4.57 Å². The standard InChI is InChI=1S/C4H7O6P/c1-8-11(6,7)3-2-9-4(5)10-3/h3H,2H2,1H3,(H,6,7). The molecule has 7 heteroatoms. The van der Waals surface area contributed by atoms with E-state index in [1.807, 2.05) is 0 Å². The molecule has 0 radical (unpaired) electrons. The molecule has 1 saturated heterocycles. The minimum absolute atomic E-state index is 0.236.